The Balaban J connectivity index is 1.36. The lowest BCUT2D eigenvalue weighted by Crippen LogP contribution is -2.44. The molecule has 2 saturated heterocycles. The topological polar surface area (TPSA) is 69.7 Å². The Kier molecular flexibility index (Phi) is 8.47. The van der Waals surface area contributed by atoms with Crippen LogP contribution in [0.5, 0.6) is 0 Å². The number of hydrogen-bond acceptors (Lipinski definition) is 4. The number of nitrogens with one attached hydrogen (secondary N) is 1. The number of piperidine rings is 2. The maximum Gasteiger partial charge on any atom is 0.223 e. The Bertz CT molecular complexity index is 813. The molecule has 0 radical (unpaired) electrons. The first-order valence-electron chi connectivity index (χ1n) is 11.5. The second-order valence-electron chi connectivity index (χ2n) is 9.41. The third-order valence-electron chi connectivity index (χ3n) is 6.38. The zero-order chi connectivity index (χ0) is 22.4. The highest BCUT2D eigenvalue weighted by Gasteiger charge is 2.31. The fourth-order valence-electron chi connectivity index (χ4n) is 4.91. The van der Waals surface area contributed by atoms with E-state index in [2.05, 4.69) is 24.1 Å². The molecule has 2 aliphatic rings. The molecule has 1 aromatic rings. The Morgan fingerprint density at radius 3 is 2.32 bits per heavy atom. The van der Waals surface area contributed by atoms with Crippen LogP contribution < -0.4 is 5.32 Å². The van der Waals surface area contributed by atoms with Gasteiger partial charge in [0.1, 0.15) is 5.82 Å². The Hall–Kier alpha value is -1.51. The molecular formula is C23H36FN3O3S. The van der Waals surface area contributed by atoms with Crippen molar-refractivity contribution in [3.8, 4) is 0 Å². The van der Waals surface area contributed by atoms with Crippen LogP contribution in [0.15, 0.2) is 24.3 Å². The lowest BCUT2D eigenvalue weighted by Gasteiger charge is -2.35. The summed E-state index contributed by atoms with van der Waals surface area (Å²) >= 11 is 0. The molecule has 2 heterocycles. The van der Waals surface area contributed by atoms with E-state index in [1.807, 2.05) is 0 Å². The lowest BCUT2D eigenvalue weighted by atomic mass is 9.92. The normalized spacial score (nSPS) is 24.2. The average Bonchev–Trinajstić information content (AvgIpc) is 2.72. The molecule has 1 aromatic carbocycles. The maximum atomic E-state index is 13.0. The molecule has 0 saturated carbocycles. The number of amides is 1. The zero-order valence-corrected chi connectivity index (χ0v) is 19.5. The van der Waals surface area contributed by atoms with Crippen molar-refractivity contribution in [1.82, 2.24) is 14.5 Å². The van der Waals surface area contributed by atoms with Crippen LogP contribution in [0.1, 0.15) is 45.1 Å². The summed E-state index contributed by atoms with van der Waals surface area (Å²) < 4.78 is 39.8. The third-order valence-corrected chi connectivity index (χ3v) is 8.23. The molecular weight excluding hydrogens is 417 g/mol. The highest BCUT2D eigenvalue weighted by molar-refractivity contribution is 7.88. The molecule has 3 rings (SSSR count). The lowest BCUT2D eigenvalue weighted by molar-refractivity contribution is -0.126. The fraction of sp³-hybridized carbons (Fsp3) is 0.696. The van der Waals surface area contributed by atoms with Crippen LogP contribution in [0.25, 0.3) is 0 Å². The molecule has 2 fully saturated rings. The quantitative estimate of drug-likeness (QED) is 0.615. The summed E-state index contributed by atoms with van der Waals surface area (Å²) in [6, 6.07) is 5.54. The molecule has 6 nitrogen and oxygen atoms in total. The van der Waals surface area contributed by atoms with E-state index in [4.69, 9.17) is 0 Å². The van der Waals surface area contributed by atoms with Crippen LogP contribution in [0.2, 0.25) is 0 Å². The van der Waals surface area contributed by atoms with Crippen molar-refractivity contribution in [2.75, 3.05) is 39.3 Å². The van der Waals surface area contributed by atoms with Crippen LogP contribution in [-0.4, -0.2) is 62.8 Å². The number of hydrogen-bond donors (Lipinski definition) is 1. The largest absolute Gasteiger partial charge is 0.356 e. The van der Waals surface area contributed by atoms with Gasteiger partial charge in [0, 0.05) is 38.6 Å². The number of carbonyl (C=O) groups is 1. The van der Waals surface area contributed by atoms with E-state index >= 15 is 0 Å². The van der Waals surface area contributed by atoms with Gasteiger partial charge in [-0.05, 0) is 61.8 Å². The minimum absolute atomic E-state index is 0.0379. The van der Waals surface area contributed by atoms with Crippen molar-refractivity contribution in [1.29, 1.82) is 0 Å². The van der Waals surface area contributed by atoms with Crippen molar-refractivity contribution < 1.29 is 17.6 Å². The van der Waals surface area contributed by atoms with Gasteiger partial charge in [-0.15, -0.1) is 0 Å². The van der Waals surface area contributed by atoms with Crippen molar-refractivity contribution in [3.63, 3.8) is 0 Å². The van der Waals surface area contributed by atoms with Crippen LogP contribution in [-0.2, 0) is 20.6 Å². The fourth-order valence-corrected chi connectivity index (χ4v) is 6.48. The van der Waals surface area contributed by atoms with Gasteiger partial charge < -0.3 is 10.2 Å². The number of nitrogens with zero attached hydrogens (tertiary/aromatic N) is 2. The summed E-state index contributed by atoms with van der Waals surface area (Å²) in [7, 11) is -3.47. The highest BCUT2D eigenvalue weighted by atomic mass is 32.2. The van der Waals surface area contributed by atoms with Gasteiger partial charge in [-0.2, -0.15) is 0 Å². The summed E-state index contributed by atoms with van der Waals surface area (Å²) in [4.78, 5) is 15.0. The summed E-state index contributed by atoms with van der Waals surface area (Å²) in [6.07, 6.45) is 3.31. The molecule has 8 heteroatoms. The number of likely N-dealkylation sites (tertiary alicyclic amines) is 1. The molecule has 0 unspecified atom stereocenters. The molecule has 0 spiro atoms. The van der Waals surface area contributed by atoms with E-state index in [1.54, 1.807) is 0 Å². The van der Waals surface area contributed by atoms with E-state index in [0.717, 1.165) is 37.9 Å². The number of sulfonamides is 1. The Morgan fingerprint density at radius 2 is 1.71 bits per heavy atom. The van der Waals surface area contributed by atoms with Crippen LogP contribution in [0.4, 0.5) is 4.39 Å². The predicted octanol–water partition coefficient (Wildman–Crippen LogP) is 2.85. The van der Waals surface area contributed by atoms with E-state index in [-0.39, 0.29) is 23.4 Å². The van der Waals surface area contributed by atoms with Gasteiger partial charge in [0.2, 0.25) is 15.9 Å². The van der Waals surface area contributed by atoms with Crippen LogP contribution >= 0.6 is 0 Å². The van der Waals surface area contributed by atoms with E-state index in [1.165, 1.54) is 35.0 Å². The van der Waals surface area contributed by atoms with E-state index < -0.39 is 10.0 Å². The van der Waals surface area contributed by atoms with E-state index in [0.29, 0.717) is 38.0 Å². The summed E-state index contributed by atoms with van der Waals surface area (Å²) in [6.45, 7) is 9.27. The summed E-state index contributed by atoms with van der Waals surface area (Å²) in [5, 5.41) is 3.04. The van der Waals surface area contributed by atoms with Gasteiger partial charge in [-0.1, -0.05) is 26.0 Å². The van der Waals surface area contributed by atoms with Gasteiger partial charge in [-0.3, -0.25) is 4.79 Å². The molecule has 0 bridgehead atoms. The van der Waals surface area contributed by atoms with Crippen LogP contribution in [0, 0.1) is 23.6 Å². The Morgan fingerprint density at radius 1 is 1.10 bits per heavy atom. The first-order chi connectivity index (χ1) is 14.7. The van der Waals surface area contributed by atoms with Crippen LogP contribution in [0.3, 0.4) is 0 Å². The maximum absolute atomic E-state index is 13.0. The first-order valence-corrected chi connectivity index (χ1v) is 13.1. The van der Waals surface area contributed by atoms with Gasteiger partial charge in [0.15, 0.2) is 0 Å². The highest BCUT2D eigenvalue weighted by Crippen LogP contribution is 2.23. The summed E-state index contributed by atoms with van der Waals surface area (Å²) in [5.41, 5.74) is 0.568. The number of carbonyl (C=O) groups excluding carboxylic acids is 1. The van der Waals surface area contributed by atoms with E-state index in [9.17, 15) is 17.6 Å². The monoisotopic (exact) mass is 453 g/mol. The average molecular weight is 454 g/mol. The molecule has 0 aliphatic carbocycles. The van der Waals surface area contributed by atoms with Crippen molar-refractivity contribution >= 4 is 15.9 Å². The molecule has 1 N–H and O–H groups in total. The van der Waals surface area contributed by atoms with Crippen molar-refractivity contribution in [2.45, 2.75) is 45.3 Å². The molecule has 2 aliphatic heterocycles. The van der Waals surface area contributed by atoms with Crippen molar-refractivity contribution in [3.05, 3.63) is 35.6 Å². The molecule has 31 heavy (non-hydrogen) atoms. The molecule has 1 amide bonds. The van der Waals surface area contributed by atoms with Gasteiger partial charge >= 0.3 is 0 Å². The third kappa shape index (κ3) is 7.26. The SMILES string of the molecule is C[C@@H]1C[C@H](C)CN(CCCNC(=O)C2CCN(S(=O)(=O)Cc3ccc(F)cc3)CC2)C1. The van der Waals surface area contributed by atoms with Gasteiger partial charge in [0.05, 0.1) is 5.75 Å². The number of halogens is 1. The molecule has 2 atom stereocenters. The molecule has 0 aromatic heterocycles. The summed E-state index contributed by atoms with van der Waals surface area (Å²) in [5.74, 6) is 0.861. The predicted molar refractivity (Wildman–Crippen MR) is 120 cm³/mol. The smallest absolute Gasteiger partial charge is 0.223 e. The number of rotatable bonds is 8. The molecule has 174 valence electrons. The second kappa shape index (κ2) is 10.9. The van der Waals surface area contributed by atoms with Crippen molar-refractivity contribution in [2.24, 2.45) is 17.8 Å². The second-order valence-corrected chi connectivity index (χ2v) is 11.4. The number of benzene rings is 1. The minimum atomic E-state index is -3.47. The van der Waals surface area contributed by atoms with Gasteiger partial charge in [0.25, 0.3) is 0 Å². The first kappa shape index (κ1) is 24.1. The standard InChI is InChI=1S/C23H36FN3O3S/c1-18-14-19(2)16-26(15-18)11-3-10-25-23(28)21-8-12-27(13-9-21)31(29,30)17-20-4-6-22(24)7-5-20/h4-7,18-19,21H,3,8-17H2,1-2H3,(H,25,28)/t18-,19+. The Labute approximate surface area is 186 Å². The van der Waals surface area contributed by atoms with Gasteiger partial charge in [-0.25, -0.2) is 17.1 Å². The minimum Gasteiger partial charge on any atom is -0.356 e. The zero-order valence-electron chi connectivity index (χ0n) is 18.7.